The van der Waals surface area contributed by atoms with E-state index in [1.807, 2.05) is 24.4 Å². The molecular weight excluding hydrogens is 452 g/mol. The first-order valence-electron chi connectivity index (χ1n) is 12.4. The minimum atomic E-state index is -0.121. The molecule has 3 atom stereocenters. The van der Waals surface area contributed by atoms with E-state index in [4.69, 9.17) is 15.2 Å². The van der Waals surface area contributed by atoms with Crippen LogP contribution in [0, 0.1) is 5.92 Å². The lowest BCUT2D eigenvalue weighted by molar-refractivity contribution is 0.00922. The summed E-state index contributed by atoms with van der Waals surface area (Å²) >= 11 is 0. The molecule has 2 aromatic carbocycles. The Hall–Kier alpha value is -3.42. The van der Waals surface area contributed by atoms with E-state index in [2.05, 4.69) is 48.0 Å². The molecule has 1 aromatic heterocycles. The van der Waals surface area contributed by atoms with Crippen LogP contribution in [0.2, 0.25) is 0 Å². The number of nitrogen functional groups attached to an aromatic ring is 1. The third-order valence-electron chi connectivity index (χ3n) is 6.90. The van der Waals surface area contributed by atoms with Gasteiger partial charge >= 0.3 is 0 Å². The lowest BCUT2D eigenvalue weighted by Crippen LogP contribution is -2.46. The van der Waals surface area contributed by atoms with E-state index in [0.717, 1.165) is 24.3 Å². The number of pyridine rings is 1. The van der Waals surface area contributed by atoms with Crippen molar-refractivity contribution in [3.05, 3.63) is 78.0 Å². The summed E-state index contributed by atoms with van der Waals surface area (Å²) in [5.41, 5.74) is 10.3. The zero-order valence-corrected chi connectivity index (χ0v) is 21.6. The summed E-state index contributed by atoms with van der Waals surface area (Å²) in [6.45, 7) is 6.84. The summed E-state index contributed by atoms with van der Waals surface area (Å²) in [5.74, 6) is 0.625. The first-order valence-corrected chi connectivity index (χ1v) is 12.4. The minimum absolute atomic E-state index is 0.106. The topological polar surface area (TPSA) is 80.9 Å². The molecule has 0 fully saturated rings. The SMILES string of the molecule is CO[C@H]1CN(C)C(=O)c2cc(N)ccc2OC[C@H](C)N(Cc2ccc(-c3ccccn3)cc2)C[C@@H]1C. The number of aromatic nitrogens is 1. The van der Waals surface area contributed by atoms with Gasteiger partial charge in [-0.15, -0.1) is 0 Å². The van der Waals surface area contributed by atoms with Crippen LogP contribution in [0.3, 0.4) is 0 Å². The highest BCUT2D eigenvalue weighted by atomic mass is 16.5. The van der Waals surface area contributed by atoms with Gasteiger partial charge in [0, 0.05) is 57.3 Å². The van der Waals surface area contributed by atoms with E-state index < -0.39 is 0 Å². The Bertz CT molecular complexity index is 1150. The van der Waals surface area contributed by atoms with Gasteiger partial charge < -0.3 is 20.1 Å². The number of nitrogens with two attached hydrogens (primary N) is 1. The molecule has 7 nitrogen and oxygen atoms in total. The third kappa shape index (κ3) is 6.04. The molecule has 0 bridgehead atoms. The quantitative estimate of drug-likeness (QED) is 0.551. The predicted octanol–water partition coefficient (Wildman–Crippen LogP) is 4.34. The van der Waals surface area contributed by atoms with Crippen molar-refractivity contribution in [1.82, 2.24) is 14.8 Å². The van der Waals surface area contributed by atoms with Crippen LogP contribution in [0.4, 0.5) is 5.69 Å². The number of anilines is 1. The van der Waals surface area contributed by atoms with Gasteiger partial charge in [-0.05, 0) is 48.7 Å². The van der Waals surface area contributed by atoms with Crippen LogP contribution in [0.15, 0.2) is 66.9 Å². The zero-order chi connectivity index (χ0) is 25.7. The van der Waals surface area contributed by atoms with Gasteiger partial charge in [-0.1, -0.05) is 37.3 Å². The maximum absolute atomic E-state index is 13.2. The van der Waals surface area contributed by atoms with Crippen molar-refractivity contribution in [2.24, 2.45) is 5.92 Å². The first-order chi connectivity index (χ1) is 17.4. The molecule has 36 heavy (non-hydrogen) atoms. The van der Waals surface area contributed by atoms with Crippen molar-refractivity contribution in [2.75, 3.05) is 39.6 Å². The summed E-state index contributed by atoms with van der Waals surface area (Å²) in [7, 11) is 3.51. The molecule has 1 amide bonds. The number of likely N-dealkylation sites (N-methyl/N-ethyl adjacent to an activating group) is 1. The molecule has 0 aliphatic carbocycles. The lowest BCUT2D eigenvalue weighted by atomic mass is 10.0. The van der Waals surface area contributed by atoms with Crippen LogP contribution < -0.4 is 10.5 Å². The smallest absolute Gasteiger partial charge is 0.257 e. The summed E-state index contributed by atoms with van der Waals surface area (Å²) in [6.07, 6.45) is 1.71. The Morgan fingerprint density at radius 1 is 1.08 bits per heavy atom. The summed E-state index contributed by atoms with van der Waals surface area (Å²) in [6, 6.07) is 19.9. The summed E-state index contributed by atoms with van der Waals surface area (Å²) in [5, 5.41) is 0. The van der Waals surface area contributed by atoms with E-state index in [1.54, 1.807) is 37.3 Å². The van der Waals surface area contributed by atoms with Crippen molar-refractivity contribution in [3.63, 3.8) is 0 Å². The van der Waals surface area contributed by atoms with E-state index in [1.165, 1.54) is 5.56 Å². The number of hydrogen-bond donors (Lipinski definition) is 1. The summed E-state index contributed by atoms with van der Waals surface area (Å²) in [4.78, 5) is 21.8. The van der Waals surface area contributed by atoms with Gasteiger partial charge in [-0.25, -0.2) is 0 Å². The highest BCUT2D eigenvalue weighted by Gasteiger charge is 2.28. The molecule has 0 saturated heterocycles. The lowest BCUT2D eigenvalue weighted by Gasteiger charge is -2.36. The van der Waals surface area contributed by atoms with Crippen molar-refractivity contribution in [3.8, 4) is 17.0 Å². The van der Waals surface area contributed by atoms with Gasteiger partial charge in [0.05, 0.1) is 17.4 Å². The molecular formula is C29H36N4O3. The van der Waals surface area contributed by atoms with Gasteiger partial charge in [-0.3, -0.25) is 14.7 Å². The average Bonchev–Trinajstić information content (AvgIpc) is 2.90. The van der Waals surface area contributed by atoms with Crippen molar-refractivity contribution < 1.29 is 14.3 Å². The molecule has 0 unspecified atom stereocenters. The second-order valence-electron chi connectivity index (χ2n) is 9.69. The number of carbonyl (C=O) groups is 1. The van der Waals surface area contributed by atoms with Gasteiger partial charge in [0.1, 0.15) is 12.4 Å². The largest absolute Gasteiger partial charge is 0.491 e. The van der Waals surface area contributed by atoms with Crippen LogP contribution in [-0.4, -0.2) is 66.7 Å². The molecule has 0 radical (unpaired) electrons. The first kappa shape index (κ1) is 25.7. The van der Waals surface area contributed by atoms with Gasteiger partial charge in [0.15, 0.2) is 0 Å². The molecule has 3 aromatic rings. The standard InChI is InChI=1S/C29H36N4O3/c1-20-16-33(17-22-8-10-23(11-9-22)26-7-5-6-14-31-26)21(2)19-36-27-13-12-24(30)15-25(27)29(34)32(3)18-28(20)35-4/h5-15,20-21,28H,16-19,30H2,1-4H3/t20-,21-,28-/m0/s1. The number of hydrogen-bond acceptors (Lipinski definition) is 6. The molecule has 0 spiro atoms. The molecule has 1 aliphatic rings. The molecule has 7 heteroatoms. The molecule has 0 saturated carbocycles. The fourth-order valence-corrected chi connectivity index (χ4v) is 4.64. The van der Waals surface area contributed by atoms with Crippen LogP contribution in [0.1, 0.15) is 29.8 Å². The van der Waals surface area contributed by atoms with Crippen LogP contribution in [-0.2, 0) is 11.3 Å². The van der Waals surface area contributed by atoms with Crippen LogP contribution in [0.5, 0.6) is 5.75 Å². The predicted molar refractivity (Wildman–Crippen MR) is 143 cm³/mol. The van der Waals surface area contributed by atoms with E-state index in [-0.39, 0.29) is 24.0 Å². The number of fused-ring (bicyclic) bond motifs is 1. The van der Waals surface area contributed by atoms with Gasteiger partial charge in [0.25, 0.3) is 5.91 Å². The average molecular weight is 489 g/mol. The molecule has 4 rings (SSSR count). The maximum Gasteiger partial charge on any atom is 0.257 e. The highest BCUT2D eigenvalue weighted by molar-refractivity contribution is 5.97. The molecule has 1 aliphatic heterocycles. The van der Waals surface area contributed by atoms with E-state index in [9.17, 15) is 4.79 Å². The minimum Gasteiger partial charge on any atom is -0.491 e. The van der Waals surface area contributed by atoms with Gasteiger partial charge in [0.2, 0.25) is 0 Å². The maximum atomic E-state index is 13.2. The van der Waals surface area contributed by atoms with Crippen LogP contribution >= 0.6 is 0 Å². The number of carbonyl (C=O) groups excluding carboxylic acids is 1. The Labute approximate surface area is 213 Å². The number of nitrogens with zero attached hydrogens (tertiary/aromatic N) is 3. The number of amides is 1. The summed E-state index contributed by atoms with van der Waals surface area (Å²) < 4.78 is 12.0. The van der Waals surface area contributed by atoms with Gasteiger partial charge in [-0.2, -0.15) is 0 Å². The number of methoxy groups -OCH3 is 1. The van der Waals surface area contributed by atoms with Crippen molar-refractivity contribution in [2.45, 2.75) is 32.5 Å². The molecule has 2 heterocycles. The fourth-order valence-electron chi connectivity index (χ4n) is 4.64. The zero-order valence-electron chi connectivity index (χ0n) is 21.6. The highest BCUT2D eigenvalue weighted by Crippen LogP contribution is 2.26. The Balaban J connectivity index is 1.59. The normalized spacial score (nSPS) is 21.7. The van der Waals surface area contributed by atoms with E-state index in [0.29, 0.717) is 30.2 Å². The number of benzene rings is 2. The number of rotatable bonds is 4. The van der Waals surface area contributed by atoms with E-state index >= 15 is 0 Å². The fraction of sp³-hybridized carbons (Fsp3) is 0.379. The second kappa shape index (κ2) is 11.5. The third-order valence-corrected chi connectivity index (χ3v) is 6.90. The van der Waals surface area contributed by atoms with Crippen molar-refractivity contribution in [1.29, 1.82) is 0 Å². The number of ether oxygens (including phenoxy) is 2. The Morgan fingerprint density at radius 2 is 1.86 bits per heavy atom. The van der Waals surface area contributed by atoms with Crippen molar-refractivity contribution >= 4 is 11.6 Å². The van der Waals surface area contributed by atoms with Crippen LogP contribution in [0.25, 0.3) is 11.3 Å². The Morgan fingerprint density at radius 3 is 2.56 bits per heavy atom. The molecule has 2 N–H and O–H groups in total. The Kier molecular flexibility index (Phi) is 8.23. The molecule has 190 valence electrons. The monoisotopic (exact) mass is 488 g/mol. The second-order valence-corrected chi connectivity index (χ2v) is 9.69.